The first-order valence-electron chi connectivity index (χ1n) is 19.2. The Hall–Kier alpha value is -6.94. The smallest absolute Gasteiger partial charge is 0.160 e. The van der Waals surface area contributed by atoms with E-state index in [4.69, 9.17) is 9.97 Å². The van der Waals surface area contributed by atoms with Crippen molar-refractivity contribution in [2.45, 2.75) is 5.41 Å². The first-order valence-corrected chi connectivity index (χ1v) is 20.0. The molecular formula is C53H32N2S. The van der Waals surface area contributed by atoms with E-state index in [0.717, 1.165) is 33.6 Å². The number of hydrogen-bond acceptors (Lipinski definition) is 3. The van der Waals surface area contributed by atoms with Crippen molar-refractivity contribution in [3.63, 3.8) is 0 Å². The van der Waals surface area contributed by atoms with E-state index in [1.807, 2.05) is 17.4 Å². The molecule has 0 fully saturated rings. The zero-order chi connectivity index (χ0) is 36.8. The van der Waals surface area contributed by atoms with Crippen LogP contribution in [-0.4, -0.2) is 9.97 Å². The Balaban J connectivity index is 1.08. The lowest BCUT2D eigenvalue weighted by Crippen LogP contribution is -2.24. The average molecular weight is 729 g/mol. The standard InChI is InChI=1S/C53H32N2S/c1-2-15-34(16-3-1)47-32-48(55-52(54-47)37-27-26-33-14-4-5-17-35(33)30-37)41-21-7-6-18-38(41)36-28-29-46-43(31-36)50-42-22-10-13-25-49(42)56-51(50)53(46)44-23-11-8-19-39(44)40-20-9-12-24-45(40)53/h1-32H. The lowest BCUT2D eigenvalue weighted by Gasteiger charge is -2.29. The molecule has 0 radical (unpaired) electrons. The normalized spacial score (nSPS) is 13.1. The molecule has 2 nitrogen and oxygen atoms in total. The Morgan fingerprint density at radius 3 is 1.79 bits per heavy atom. The van der Waals surface area contributed by atoms with Crippen LogP contribution in [0.25, 0.3) is 88.1 Å². The summed E-state index contributed by atoms with van der Waals surface area (Å²) in [5.74, 6) is 0.714. The van der Waals surface area contributed by atoms with Crippen molar-refractivity contribution >= 4 is 32.2 Å². The average Bonchev–Trinajstić information content (AvgIpc) is 3.90. The van der Waals surface area contributed by atoms with Gasteiger partial charge >= 0.3 is 0 Å². The molecule has 0 saturated heterocycles. The van der Waals surface area contributed by atoms with Gasteiger partial charge in [0.15, 0.2) is 5.82 Å². The van der Waals surface area contributed by atoms with Gasteiger partial charge in [-0.3, -0.25) is 0 Å². The highest BCUT2D eigenvalue weighted by Gasteiger charge is 2.53. The maximum Gasteiger partial charge on any atom is 0.160 e. The molecule has 1 spiro atoms. The van der Waals surface area contributed by atoms with Crippen molar-refractivity contribution < 1.29 is 0 Å². The molecular weight excluding hydrogens is 697 g/mol. The van der Waals surface area contributed by atoms with E-state index >= 15 is 0 Å². The van der Waals surface area contributed by atoms with E-state index in [-0.39, 0.29) is 5.41 Å². The van der Waals surface area contributed by atoms with E-state index in [1.165, 1.54) is 70.2 Å². The topological polar surface area (TPSA) is 25.8 Å². The molecule has 2 aliphatic rings. The number of thiophene rings is 1. The number of fused-ring (bicyclic) bond motifs is 13. The summed E-state index contributed by atoms with van der Waals surface area (Å²) in [5.41, 5.74) is 16.3. The Kier molecular flexibility index (Phi) is 6.75. The van der Waals surface area contributed by atoms with Crippen molar-refractivity contribution in [2.75, 3.05) is 0 Å². The van der Waals surface area contributed by atoms with Crippen LogP contribution in [0.15, 0.2) is 194 Å². The minimum Gasteiger partial charge on any atom is -0.228 e. The fraction of sp³-hybridized carbons (Fsp3) is 0.0189. The second-order valence-corrected chi connectivity index (χ2v) is 15.9. The van der Waals surface area contributed by atoms with E-state index < -0.39 is 0 Å². The fourth-order valence-corrected chi connectivity index (χ4v) is 10.9. The quantitative estimate of drug-likeness (QED) is 0.180. The minimum atomic E-state index is -0.369. The van der Waals surface area contributed by atoms with Gasteiger partial charge in [0.1, 0.15) is 0 Å². The van der Waals surface area contributed by atoms with Crippen molar-refractivity contribution in [1.82, 2.24) is 9.97 Å². The Labute approximate surface area is 329 Å². The van der Waals surface area contributed by atoms with E-state index in [0.29, 0.717) is 5.82 Å². The Morgan fingerprint density at radius 1 is 0.375 bits per heavy atom. The van der Waals surface area contributed by atoms with Gasteiger partial charge in [0.2, 0.25) is 0 Å². The molecule has 0 unspecified atom stereocenters. The van der Waals surface area contributed by atoms with Gasteiger partial charge in [-0.1, -0.05) is 170 Å². The Morgan fingerprint density at radius 2 is 0.982 bits per heavy atom. The second-order valence-electron chi connectivity index (χ2n) is 14.8. The lowest BCUT2D eigenvalue weighted by molar-refractivity contribution is 0.812. The van der Waals surface area contributed by atoms with Crippen LogP contribution in [0.5, 0.6) is 0 Å². The molecule has 2 aliphatic carbocycles. The third kappa shape index (κ3) is 4.43. The highest BCUT2D eigenvalue weighted by molar-refractivity contribution is 7.20. The molecule has 0 amide bonds. The van der Waals surface area contributed by atoms with Crippen LogP contribution in [0.2, 0.25) is 0 Å². The summed E-state index contributed by atoms with van der Waals surface area (Å²) in [6, 6.07) is 70.5. The summed E-state index contributed by atoms with van der Waals surface area (Å²) < 4.78 is 1.32. The van der Waals surface area contributed by atoms with Crippen LogP contribution in [0, 0.1) is 0 Å². The van der Waals surface area contributed by atoms with E-state index in [2.05, 4.69) is 188 Å². The molecule has 0 bridgehead atoms. The minimum absolute atomic E-state index is 0.369. The number of nitrogens with zero attached hydrogens (tertiary/aromatic N) is 2. The largest absolute Gasteiger partial charge is 0.228 e. The summed E-state index contributed by atoms with van der Waals surface area (Å²) in [6.07, 6.45) is 0. The SMILES string of the molecule is c1ccc(-c2cc(-c3ccccc3-c3ccc4c(c3)-c3c(sc5ccccc35)C43c4ccccc4-c4ccccc43)nc(-c3ccc4ccccc4c3)n2)cc1. The monoisotopic (exact) mass is 728 g/mol. The second kappa shape index (κ2) is 12.0. The lowest BCUT2D eigenvalue weighted by atomic mass is 9.73. The molecule has 0 N–H and O–H groups in total. The summed E-state index contributed by atoms with van der Waals surface area (Å²) in [7, 11) is 0. The first-order chi connectivity index (χ1) is 27.8. The molecule has 56 heavy (non-hydrogen) atoms. The fourth-order valence-electron chi connectivity index (χ4n) is 9.47. The van der Waals surface area contributed by atoms with Crippen LogP contribution in [-0.2, 0) is 5.41 Å². The molecule has 10 aromatic rings. The van der Waals surface area contributed by atoms with Gasteiger partial charge in [-0.05, 0) is 79.5 Å². The summed E-state index contributed by atoms with van der Waals surface area (Å²) in [5, 5.41) is 3.69. The van der Waals surface area contributed by atoms with Crippen molar-refractivity contribution in [2.24, 2.45) is 0 Å². The summed E-state index contributed by atoms with van der Waals surface area (Å²) in [6.45, 7) is 0. The Bertz CT molecular complexity index is 3170. The molecule has 12 rings (SSSR count). The maximum absolute atomic E-state index is 5.33. The van der Waals surface area contributed by atoms with Gasteiger partial charge in [-0.25, -0.2) is 9.97 Å². The number of aromatic nitrogens is 2. The molecule has 0 atom stereocenters. The maximum atomic E-state index is 5.33. The molecule has 0 aliphatic heterocycles. The molecule has 260 valence electrons. The van der Waals surface area contributed by atoms with Crippen LogP contribution in [0.1, 0.15) is 21.6 Å². The molecule has 2 heterocycles. The van der Waals surface area contributed by atoms with Gasteiger partial charge in [0.05, 0.1) is 16.8 Å². The van der Waals surface area contributed by atoms with Crippen molar-refractivity contribution in [1.29, 1.82) is 0 Å². The van der Waals surface area contributed by atoms with Gasteiger partial charge in [-0.2, -0.15) is 0 Å². The van der Waals surface area contributed by atoms with Crippen LogP contribution < -0.4 is 0 Å². The first kappa shape index (κ1) is 31.4. The van der Waals surface area contributed by atoms with Crippen LogP contribution >= 0.6 is 11.3 Å². The number of benzene rings is 8. The predicted octanol–water partition coefficient (Wildman–Crippen LogP) is 13.9. The predicted molar refractivity (Wildman–Crippen MR) is 233 cm³/mol. The molecule has 8 aromatic carbocycles. The highest BCUT2D eigenvalue weighted by Crippen LogP contribution is 2.66. The van der Waals surface area contributed by atoms with Crippen molar-refractivity contribution in [3.05, 3.63) is 216 Å². The molecule has 0 saturated carbocycles. The summed E-state index contributed by atoms with van der Waals surface area (Å²) >= 11 is 1.95. The van der Waals surface area contributed by atoms with E-state index in [9.17, 15) is 0 Å². The summed E-state index contributed by atoms with van der Waals surface area (Å²) in [4.78, 5) is 11.9. The number of hydrogen-bond donors (Lipinski definition) is 0. The van der Waals surface area contributed by atoms with Crippen LogP contribution in [0.3, 0.4) is 0 Å². The third-order valence-corrected chi connectivity index (χ3v) is 13.2. The zero-order valence-corrected chi connectivity index (χ0v) is 31.1. The van der Waals surface area contributed by atoms with Gasteiger partial charge in [0, 0.05) is 37.2 Å². The van der Waals surface area contributed by atoms with Crippen molar-refractivity contribution in [3.8, 4) is 67.3 Å². The molecule has 2 aromatic heterocycles. The highest BCUT2D eigenvalue weighted by atomic mass is 32.1. The number of rotatable bonds is 4. The van der Waals surface area contributed by atoms with Gasteiger partial charge in [-0.15, -0.1) is 11.3 Å². The van der Waals surface area contributed by atoms with Crippen LogP contribution in [0.4, 0.5) is 0 Å². The third-order valence-electron chi connectivity index (χ3n) is 11.9. The van der Waals surface area contributed by atoms with Gasteiger partial charge in [0.25, 0.3) is 0 Å². The molecule has 3 heteroatoms. The zero-order valence-electron chi connectivity index (χ0n) is 30.3. The van der Waals surface area contributed by atoms with Gasteiger partial charge < -0.3 is 0 Å². The van der Waals surface area contributed by atoms with E-state index in [1.54, 1.807) is 0 Å².